The molecule has 0 aliphatic carbocycles. The van der Waals surface area contributed by atoms with Gasteiger partial charge in [0.1, 0.15) is 5.69 Å². The fourth-order valence-corrected chi connectivity index (χ4v) is 4.27. The van der Waals surface area contributed by atoms with Crippen LogP contribution >= 0.6 is 0 Å². The maximum Gasteiger partial charge on any atom is 0.274 e. The van der Waals surface area contributed by atoms with Crippen molar-refractivity contribution in [3.05, 3.63) is 54.4 Å². The SMILES string of the molecule is O=C(c1cnccn1)N1CCC[C@]2(CCCN2Cc2cccnc2)C1. The van der Waals surface area contributed by atoms with Gasteiger partial charge < -0.3 is 4.90 Å². The minimum absolute atomic E-state index is 0.000373. The normalized spacial score (nSPS) is 23.9. The average Bonchev–Trinajstić information content (AvgIpc) is 3.04. The van der Waals surface area contributed by atoms with Crippen LogP contribution in [-0.2, 0) is 6.54 Å². The second kappa shape index (κ2) is 6.88. The van der Waals surface area contributed by atoms with Crippen molar-refractivity contribution in [2.24, 2.45) is 0 Å². The van der Waals surface area contributed by atoms with Crippen LogP contribution < -0.4 is 0 Å². The van der Waals surface area contributed by atoms with Crippen LogP contribution in [0.2, 0.25) is 0 Å². The van der Waals surface area contributed by atoms with E-state index < -0.39 is 0 Å². The van der Waals surface area contributed by atoms with E-state index in [9.17, 15) is 4.79 Å². The first-order valence-electron chi connectivity index (χ1n) is 8.96. The first-order valence-corrected chi connectivity index (χ1v) is 8.96. The summed E-state index contributed by atoms with van der Waals surface area (Å²) in [7, 11) is 0. The molecule has 2 saturated heterocycles. The summed E-state index contributed by atoms with van der Waals surface area (Å²) in [5.41, 5.74) is 1.77. The first-order chi connectivity index (χ1) is 12.3. The van der Waals surface area contributed by atoms with Gasteiger partial charge in [-0.05, 0) is 43.9 Å². The molecule has 4 heterocycles. The van der Waals surface area contributed by atoms with E-state index in [2.05, 4.69) is 25.9 Å². The Kier molecular flexibility index (Phi) is 4.44. The second-order valence-corrected chi connectivity index (χ2v) is 7.03. The van der Waals surface area contributed by atoms with Gasteiger partial charge in [-0.25, -0.2) is 4.98 Å². The molecule has 0 bridgehead atoms. The zero-order valence-electron chi connectivity index (χ0n) is 14.3. The Balaban J connectivity index is 1.51. The highest BCUT2D eigenvalue weighted by atomic mass is 16.2. The minimum Gasteiger partial charge on any atom is -0.335 e. The van der Waals surface area contributed by atoms with E-state index in [0.717, 1.165) is 45.4 Å². The molecule has 6 heteroatoms. The van der Waals surface area contributed by atoms with Gasteiger partial charge in [0.25, 0.3) is 5.91 Å². The Morgan fingerprint density at radius 3 is 2.68 bits per heavy atom. The molecule has 1 spiro atoms. The van der Waals surface area contributed by atoms with Gasteiger partial charge in [-0.15, -0.1) is 0 Å². The minimum atomic E-state index is 0.000373. The molecule has 25 heavy (non-hydrogen) atoms. The van der Waals surface area contributed by atoms with Crippen molar-refractivity contribution in [3.8, 4) is 0 Å². The number of hydrogen-bond donors (Lipinski definition) is 0. The van der Waals surface area contributed by atoms with E-state index in [1.54, 1.807) is 18.6 Å². The molecule has 4 rings (SSSR count). The van der Waals surface area contributed by atoms with Gasteiger partial charge >= 0.3 is 0 Å². The third kappa shape index (κ3) is 3.26. The third-order valence-corrected chi connectivity index (χ3v) is 5.46. The lowest BCUT2D eigenvalue weighted by Crippen LogP contribution is -2.56. The van der Waals surface area contributed by atoms with E-state index >= 15 is 0 Å². The number of amides is 1. The molecule has 0 saturated carbocycles. The zero-order valence-corrected chi connectivity index (χ0v) is 14.3. The Morgan fingerprint density at radius 2 is 1.92 bits per heavy atom. The largest absolute Gasteiger partial charge is 0.335 e. The molecule has 2 aliphatic rings. The number of hydrogen-bond acceptors (Lipinski definition) is 5. The molecule has 1 atom stereocenters. The summed E-state index contributed by atoms with van der Waals surface area (Å²) in [6, 6.07) is 4.12. The van der Waals surface area contributed by atoms with E-state index in [0.29, 0.717) is 5.69 Å². The van der Waals surface area contributed by atoms with Crippen molar-refractivity contribution in [2.45, 2.75) is 37.8 Å². The Bertz CT molecular complexity index is 723. The van der Waals surface area contributed by atoms with Crippen LogP contribution in [0.3, 0.4) is 0 Å². The van der Waals surface area contributed by atoms with Gasteiger partial charge in [-0.1, -0.05) is 6.07 Å². The molecule has 2 aliphatic heterocycles. The molecule has 0 aromatic carbocycles. The van der Waals surface area contributed by atoms with E-state index in [-0.39, 0.29) is 11.4 Å². The summed E-state index contributed by atoms with van der Waals surface area (Å²) in [4.78, 5) is 29.8. The molecular weight excluding hydrogens is 314 g/mol. The Labute approximate surface area is 147 Å². The monoisotopic (exact) mass is 337 g/mol. The smallest absolute Gasteiger partial charge is 0.274 e. The molecule has 130 valence electrons. The quantitative estimate of drug-likeness (QED) is 0.859. The van der Waals surface area contributed by atoms with Crippen LogP contribution in [-0.4, -0.2) is 55.8 Å². The molecule has 1 amide bonds. The third-order valence-electron chi connectivity index (χ3n) is 5.46. The first kappa shape index (κ1) is 16.1. The van der Waals surface area contributed by atoms with Crippen molar-refractivity contribution < 1.29 is 4.79 Å². The highest BCUT2D eigenvalue weighted by molar-refractivity contribution is 5.92. The van der Waals surface area contributed by atoms with Crippen LogP contribution in [0, 0.1) is 0 Å². The lowest BCUT2D eigenvalue weighted by Gasteiger charge is -2.46. The molecule has 2 fully saturated rings. The number of rotatable bonds is 3. The average molecular weight is 337 g/mol. The molecule has 2 aromatic heterocycles. The topological polar surface area (TPSA) is 62.2 Å². The number of likely N-dealkylation sites (tertiary alicyclic amines) is 2. The lowest BCUT2D eigenvalue weighted by molar-refractivity contribution is 0.0292. The molecule has 0 unspecified atom stereocenters. The number of nitrogens with zero attached hydrogens (tertiary/aromatic N) is 5. The van der Waals surface area contributed by atoms with Gasteiger partial charge in [-0.2, -0.15) is 0 Å². The Hall–Kier alpha value is -2.34. The van der Waals surface area contributed by atoms with Gasteiger partial charge in [0.15, 0.2) is 0 Å². The number of aromatic nitrogens is 3. The van der Waals surface area contributed by atoms with Gasteiger partial charge in [0.2, 0.25) is 0 Å². The van der Waals surface area contributed by atoms with Crippen LogP contribution in [0.1, 0.15) is 41.7 Å². The molecule has 0 radical (unpaired) electrons. The van der Waals surface area contributed by atoms with Crippen molar-refractivity contribution in [2.75, 3.05) is 19.6 Å². The summed E-state index contributed by atoms with van der Waals surface area (Å²) in [6.07, 6.45) is 13.0. The number of pyridine rings is 1. The van der Waals surface area contributed by atoms with Gasteiger partial charge in [-0.3, -0.25) is 19.7 Å². The highest BCUT2D eigenvalue weighted by Gasteiger charge is 2.44. The number of piperidine rings is 1. The summed E-state index contributed by atoms with van der Waals surface area (Å²) in [6.45, 7) is 3.57. The molecule has 2 aromatic rings. The van der Waals surface area contributed by atoms with E-state index in [4.69, 9.17) is 0 Å². The van der Waals surface area contributed by atoms with Crippen LogP contribution in [0.15, 0.2) is 43.1 Å². The summed E-state index contributed by atoms with van der Waals surface area (Å²) in [5.74, 6) is 0.000373. The number of carbonyl (C=O) groups is 1. The van der Waals surface area contributed by atoms with Gasteiger partial charge in [0.05, 0.1) is 6.20 Å². The maximum absolute atomic E-state index is 12.8. The fraction of sp³-hybridized carbons (Fsp3) is 0.474. The molecular formula is C19H23N5O. The van der Waals surface area contributed by atoms with Crippen LogP contribution in [0.5, 0.6) is 0 Å². The van der Waals surface area contributed by atoms with Crippen molar-refractivity contribution in [1.82, 2.24) is 24.8 Å². The van der Waals surface area contributed by atoms with Crippen LogP contribution in [0.25, 0.3) is 0 Å². The van der Waals surface area contributed by atoms with Crippen LogP contribution in [0.4, 0.5) is 0 Å². The van der Waals surface area contributed by atoms with E-state index in [1.165, 1.54) is 12.0 Å². The van der Waals surface area contributed by atoms with Gasteiger partial charge in [0, 0.05) is 50.0 Å². The predicted molar refractivity (Wildman–Crippen MR) is 93.8 cm³/mol. The second-order valence-electron chi connectivity index (χ2n) is 7.03. The summed E-state index contributed by atoms with van der Waals surface area (Å²) >= 11 is 0. The van der Waals surface area contributed by atoms with E-state index in [1.807, 2.05) is 23.4 Å². The molecule has 0 N–H and O–H groups in total. The number of carbonyl (C=O) groups excluding carboxylic acids is 1. The maximum atomic E-state index is 12.8. The Morgan fingerprint density at radius 1 is 1.08 bits per heavy atom. The van der Waals surface area contributed by atoms with Crippen molar-refractivity contribution in [1.29, 1.82) is 0 Å². The standard InChI is InChI=1S/C19H23N5O/c25-18(17-13-21-8-9-22-17)23-10-2-5-19(15-23)6-3-11-24(19)14-16-4-1-7-20-12-16/h1,4,7-9,12-13H,2-3,5-6,10-11,14-15H2/t19-/m0/s1. The molecule has 6 nitrogen and oxygen atoms in total. The summed E-state index contributed by atoms with van der Waals surface area (Å²) < 4.78 is 0. The highest BCUT2D eigenvalue weighted by Crippen LogP contribution is 2.38. The predicted octanol–water partition coefficient (Wildman–Crippen LogP) is 2.14. The zero-order chi connectivity index (χ0) is 17.1. The van der Waals surface area contributed by atoms with Crippen molar-refractivity contribution in [3.63, 3.8) is 0 Å². The summed E-state index contributed by atoms with van der Waals surface area (Å²) in [5, 5.41) is 0. The fourth-order valence-electron chi connectivity index (χ4n) is 4.27. The lowest BCUT2D eigenvalue weighted by atomic mass is 9.86. The van der Waals surface area contributed by atoms with Crippen molar-refractivity contribution >= 4 is 5.91 Å².